The summed E-state index contributed by atoms with van der Waals surface area (Å²) < 4.78 is 5.32. The number of rotatable bonds is 4. The molecule has 22 heavy (non-hydrogen) atoms. The maximum Gasteiger partial charge on any atom is 0.120 e. The molecule has 0 radical (unpaired) electrons. The first-order valence-corrected chi connectivity index (χ1v) is 8.17. The minimum atomic E-state index is 0. The average molecular weight is 326 g/mol. The van der Waals surface area contributed by atoms with Gasteiger partial charge in [0.1, 0.15) is 5.75 Å². The summed E-state index contributed by atoms with van der Waals surface area (Å²) in [5, 5.41) is 3.45. The van der Waals surface area contributed by atoms with Gasteiger partial charge in [0.25, 0.3) is 0 Å². The van der Waals surface area contributed by atoms with E-state index in [0.717, 1.165) is 24.8 Å². The lowest BCUT2D eigenvalue weighted by molar-refractivity contribution is 0.196. The van der Waals surface area contributed by atoms with Gasteiger partial charge in [0, 0.05) is 44.5 Å². The number of hydrogen-bond acceptors (Lipinski definition) is 4. The van der Waals surface area contributed by atoms with Gasteiger partial charge in [-0.25, -0.2) is 0 Å². The maximum absolute atomic E-state index is 5.32. The van der Waals surface area contributed by atoms with Gasteiger partial charge < -0.3 is 15.0 Å². The number of anilines is 1. The standard InChI is InChI=1S/C17H27N3O.ClH/c1-21-17-4-2-3-16(13-17)20-11-9-19(10-12-20)14-15-5-7-18-8-6-15;/h2-4,13,15,18H,5-12,14H2,1H3;1H. The number of piperidine rings is 1. The number of halogens is 1. The maximum atomic E-state index is 5.32. The van der Waals surface area contributed by atoms with E-state index >= 15 is 0 Å². The lowest BCUT2D eigenvalue weighted by Gasteiger charge is -2.38. The fourth-order valence-electron chi connectivity index (χ4n) is 3.43. The lowest BCUT2D eigenvalue weighted by atomic mass is 9.97. The van der Waals surface area contributed by atoms with Crippen LogP contribution in [-0.2, 0) is 0 Å². The highest BCUT2D eigenvalue weighted by Crippen LogP contribution is 2.22. The summed E-state index contributed by atoms with van der Waals surface area (Å²) in [6.07, 6.45) is 2.69. The van der Waals surface area contributed by atoms with Crippen LogP contribution >= 0.6 is 12.4 Å². The fourth-order valence-corrected chi connectivity index (χ4v) is 3.43. The van der Waals surface area contributed by atoms with E-state index in [1.165, 1.54) is 51.3 Å². The van der Waals surface area contributed by atoms with Gasteiger partial charge in [0.15, 0.2) is 0 Å². The van der Waals surface area contributed by atoms with Crippen LogP contribution in [0.2, 0.25) is 0 Å². The lowest BCUT2D eigenvalue weighted by Crippen LogP contribution is -2.48. The van der Waals surface area contributed by atoms with Crippen molar-refractivity contribution in [2.75, 3.05) is 57.8 Å². The molecule has 4 nitrogen and oxygen atoms in total. The molecule has 0 unspecified atom stereocenters. The number of methoxy groups -OCH3 is 1. The van der Waals surface area contributed by atoms with Gasteiger partial charge in [-0.1, -0.05) is 6.07 Å². The van der Waals surface area contributed by atoms with E-state index in [4.69, 9.17) is 4.74 Å². The Morgan fingerprint density at radius 2 is 1.86 bits per heavy atom. The van der Waals surface area contributed by atoms with E-state index in [2.05, 4.69) is 33.3 Å². The molecule has 0 bridgehead atoms. The van der Waals surface area contributed by atoms with Gasteiger partial charge >= 0.3 is 0 Å². The van der Waals surface area contributed by atoms with Crippen molar-refractivity contribution in [2.45, 2.75) is 12.8 Å². The van der Waals surface area contributed by atoms with Crippen molar-refractivity contribution >= 4 is 18.1 Å². The van der Waals surface area contributed by atoms with Crippen molar-refractivity contribution in [3.8, 4) is 5.75 Å². The van der Waals surface area contributed by atoms with Crippen molar-refractivity contribution in [3.05, 3.63) is 24.3 Å². The molecule has 0 amide bonds. The predicted octanol–water partition coefficient (Wildman–Crippen LogP) is 2.24. The Morgan fingerprint density at radius 1 is 1.14 bits per heavy atom. The zero-order valence-corrected chi connectivity index (χ0v) is 14.3. The number of nitrogens with zero attached hydrogens (tertiary/aromatic N) is 2. The number of nitrogens with one attached hydrogen (secondary N) is 1. The fraction of sp³-hybridized carbons (Fsp3) is 0.647. The largest absolute Gasteiger partial charge is 0.497 e. The topological polar surface area (TPSA) is 27.7 Å². The van der Waals surface area contributed by atoms with Crippen molar-refractivity contribution in [1.29, 1.82) is 0 Å². The van der Waals surface area contributed by atoms with E-state index < -0.39 is 0 Å². The summed E-state index contributed by atoms with van der Waals surface area (Å²) >= 11 is 0. The Bertz CT molecular complexity index is 443. The van der Waals surface area contributed by atoms with Crippen molar-refractivity contribution in [2.24, 2.45) is 5.92 Å². The minimum Gasteiger partial charge on any atom is -0.497 e. The van der Waals surface area contributed by atoms with E-state index in [1.54, 1.807) is 7.11 Å². The molecule has 2 aliphatic rings. The van der Waals surface area contributed by atoms with Crippen molar-refractivity contribution in [1.82, 2.24) is 10.2 Å². The van der Waals surface area contributed by atoms with Gasteiger partial charge in [-0.2, -0.15) is 0 Å². The molecule has 2 aliphatic heterocycles. The van der Waals surface area contributed by atoms with Gasteiger partial charge in [-0.15, -0.1) is 12.4 Å². The summed E-state index contributed by atoms with van der Waals surface area (Å²) in [4.78, 5) is 5.12. The first-order valence-electron chi connectivity index (χ1n) is 8.17. The van der Waals surface area contributed by atoms with E-state index in [-0.39, 0.29) is 12.4 Å². The van der Waals surface area contributed by atoms with Crippen LogP contribution in [0.3, 0.4) is 0 Å². The molecule has 1 aromatic rings. The molecular weight excluding hydrogens is 298 g/mol. The monoisotopic (exact) mass is 325 g/mol. The molecule has 5 heteroatoms. The Balaban J connectivity index is 0.00000176. The molecule has 2 fully saturated rings. The zero-order valence-electron chi connectivity index (χ0n) is 13.5. The molecule has 1 aromatic carbocycles. The normalized spacial score (nSPS) is 20.5. The van der Waals surface area contributed by atoms with Gasteiger partial charge in [-0.05, 0) is 44.0 Å². The van der Waals surface area contributed by atoms with E-state index in [1.807, 2.05) is 6.07 Å². The smallest absolute Gasteiger partial charge is 0.120 e. The first-order chi connectivity index (χ1) is 10.3. The van der Waals surface area contributed by atoms with E-state index in [9.17, 15) is 0 Å². The Labute approximate surface area is 140 Å². The quantitative estimate of drug-likeness (QED) is 0.919. The third-order valence-corrected chi connectivity index (χ3v) is 4.77. The summed E-state index contributed by atoms with van der Waals surface area (Å²) in [6.45, 7) is 8.30. The number of piperazine rings is 1. The SMILES string of the molecule is COc1cccc(N2CCN(CC3CCNCC3)CC2)c1.Cl. The summed E-state index contributed by atoms with van der Waals surface area (Å²) in [5.41, 5.74) is 1.29. The molecule has 0 spiro atoms. The number of hydrogen-bond donors (Lipinski definition) is 1. The highest BCUT2D eigenvalue weighted by Gasteiger charge is 2.21. The van der Waals surface area contributed by atoms with Crippen LogP contribution < -0.4 is 15.0 Å². The Morgan fingerprint density at radius 3 is 2.55 bits per heavy atom. The third kappa shape index (κ3) is 4.51. The van der Waals surface area contributed by atoms with Crippen LogP contribution in [0.25, 0.3) is 0 Å². The van der Waals surface area contributed by atoms with Crippen molar-refractivity contribution < 1.29 is 4.74 Å². The van der Waals surface area contributed by atoms with Crippen LogP contribution in [0, 0.1) is 5.92 Å². The summed E-state index contributed by atoms with van der Waals surface area (Å²) in [7, 11) is 1.73. The second-order valence-electron chi connectivity index (χ2n) is 6.18. The highest BCUT2D eigenvalue weighted by atomic mass is 35.5. The van der Waals surface area contributed by atoms with E-state index in [0.29, 0.717) is 0 Å². The molecule has 0 aromatic heterocycles. The average Bonchev–Trinajstić information content (AvgIpc) is 2.56. The zero-order chi connectivity index (χ0) is 14.5. The van der Waals surface area contributed by atoms with Crippen LogP contribution in [0.1, 0.15) is 12.8 Å². The van der Waals surface area contributed by atoms with Gasteiger partial charge in [0.2, 0.25) is 0 Å². The van der Waals surface area contributed by atoms with Crippen molar-refractivity contribution in [3.63, 3.8) is 0 Å². The third-order valence-electron chi connectivity index (χ3n) is 4.77. The summed E-state index contributed by atoms with van der Waals surface area (Å²) in [5.74, 6) is 1.85. The molecule has 2 saturated heterocycles. The van der Waals surface area contributed by atoms with Crippen LogP contribution in [0.4, 0.5) is 5.69 Å². The van der Waals surface area contributed by atoms with Gasteiger partial charge in [-0.3, -0.25) is 4.90 Å². The Hall–Kier alpha value is -0.970. The second kappa shape index (κ2) is 8.61. The van der Waals surface area contributed by atoms with Crippen LogP contribution in [-0.4, -0.2) is 57.8 Å². The number of benzene rings is 1. The molecule has 3 rings (SSSR count). The molecule has 0 saturated carbocycles. The first kappa shape index (κ1) is 17.4. The van der Waals surface area contributed by atoms with Crippen LogP contribution in [0.5, 0.6) is 5.75 Å². The molecule has 2 heterocycles. The molecule has 1 N–H and O–H groups in total. The van der Waals surface area contributed by atoms with Crippen LogP contribution in [0.15, 0.2) is 24.3 Å². The second-order valence-corrected chi connectivity index (χ2v) is 6.18. The molecule has 124 valence electrons. The molecule has 0 aliphatic carbocycles. The minimum absolute atomic E-state index is 0. The molecule has 0 atom stereocenters. The highest BCUT2D eigenvalue weighted by molar-refractivity contribution is 5.85. The molecular formula is C17H28ClN3O. The predicted molar refractivity (Wildman–Crippen MR) is 94.5 cm³/mol. The Kier molecular flexibility index (Phi) is 6.80. The number of ether oxygens (including phenoxy) is 1. The van der Waals surface area contributed by atoms with Gasteiger partial charge in [0.05, 0.1) is 7.11 Å². The summed E-state index contributed by atoms with van der Waals surface area (Å²) in [6, 6.07) is 8.42.